The average Bonchev–Trinajstić information content (AvgIpc) is 2.67. The van der Waals surface area contributed by atoms with Gasteiger partial charge in [-0.2, -0.15) is 4.31 Å². The minimum absolute atomic E-state index is 0.0586. The fourth-order valence-corrected chi connectivity index (χ4v) is 4.61. The number of carbonyl (C=O) groups is 1. The van der Waals surface area contributed by atoms with Gasteiger partial charge in [-0.05, 0) is 51.9 Å². The Kier molecular flexibility index (Phi) is 7.50. The van der Waals surface area contributed by atoms with E-state index in [1.54, 1.807) is 12.1 Å². The molecule has 11 heteroatoms. The van der Waals surface area contributed by atoms with Crippen LogP contribution in [0.15, 0.2) is 30.3 Å². The number of morpholine rings is 1. The fourth-order valence-electron chi connectivity index (χ4n) is 3.32. The van der Waals surface area contributed by atoms with Crippen molar-refractivity contribution in [1.29, 1.82) is 0 Å². The number of rotatable bonds is 7. The van der Waals surface area contributed by atoms with Gasteiger partial charge < -0.3 is 15.2 Å². The molecule has 0 aromatic heterocycles. The zero-order chi connectivity index (χ0) is 22.8. The van der Waals surface area contributed by atoms with E-state index < -0.39 is 33.7 Å². The van der Waals surface area contributed by atoms with Gasteiger partial charge >= 0.3 is 0 Å². The molecule has 1 saturated heterocycles. The van der Waals surface area contributed by atoms with E-state index in [2.05, 4.69) is 0 Å². The maximum atomic E-state index is 14.3. The Labute approximate surface area is 192 Å². The van der Waals surface area contributed by atoms with Gasteiger partial charge in [-0.15, -0.1) is 0 Å². The maximum absolute atomic E-state index is 14.3. The molecule has 1 aliphatic heterocycles. The SMILES string of the molecule is CS(=O)(=O)N1CCOC(COc2cc(F)cc(Cc3ccc(I)cc3F)c2C(N)=O)C1. The third kappa shape index (κ3) is 6.11. The van der Waals surface area contributed by atoms with Crippen LogP contribution in [-0.4, -0.2) is 57.3 Å². The van der Waals surface area contributed by atoms with Crippen molar-refractivity contribution in [3.63, 3.8) is 0 Å². The molecule has 1 unspecified atom stereocenters. The Morgan fingerprint density at radius 2 is 2.03 bits per heavy atom. The van der Waals surface area contributed by atoms with Gasteiger partial charge in [0.15, 0.2) is 0 Å². The molecule has 1 aliphatic rings. The van der Waals surface area contributed by atoms with Crippen LogP contribution in [0.1, 0.15) is 21.5 Å². The van der Waals surface area contributed by atoms with Crippen LogP contribution < -0.4 is 10.5 Å². The van der Waals surface area contributed by atoms with Gasteiger partial charge in [0.25, 0.3) is 5.91 Å². The van der Waals surface area contributed by atoms with E-state index in [1.165, 1.54) is 10.4 Å². The molecule has 0 spiro atoms. The van der Waals surface area contributed by atoms with Crippen molar-refractivity contribution in [2.24, 2.45) is 5.73 Å². The topological polar surface area (TPSA) is 98.9 Å². The van der Waals surface area contributed by atoms with E-state index in [0.717, 1.165) is 18.4 Å². The molecule has 0 radical (unpaired) electrons. The number of ether oxygens (including phenoxy) is 2. The second-order valence-corrected chi connectivity index (χ2v) is 10.4. The summed E-state index contributed by atoms with van der Waals surface area (Å²) in [5, 5.41) is 0. The molecular formula is C20H21F2IN2O5S. The molecule has 1 fully saturated rings. The van der Waals surface area contributed by atoms with Crippen molar-refractivity contribution < 1.29 is 31.5 Å². The summed E-state index contributed by atoms with van der Waals surface area (Å²) >= 11 is 1.97. The van der Waals surface area contributed by atoms with E-state index in [1.807, 2.05) is 22.6 Å². The van der Waals surface area contributed by atoms with Crippen molar-refractivity contribution in [3.05, 3.63) is 62.2 Å². The molecular weight excluding hydrogens is 545 g/mol. The molecule has 3 rings (SSSR count). The molecule has 2 aromatic rings. The van der Waals surface area contributed by atoms with Crippen LogP contribution in [0.3, 0.4) is 0 Å². The van der Waals surface area contributed by atoms with E-state index in [4.69, 9.17) is 15.2 Å². The highest BCUT2D eigenvalue weighted by Crippen LogP contribution is 2.28. The van der Waals surface area contributed by atoms with Crippen LogP contribution in [0.2, 0.25) is 0 Å². The summed E-state index contributed by atoms with van der Waals surface area (Å²) in [7, 11) is -3.39. The van der Waals surface area contributed by atoms with Gasteiger partial charge in [-0.1, -0.05) is 6.07 Å². The van der Waals surface area contributed by atoms with E-state index in [0.29, 0.717) is 3.57 Å². The largest absolute Gasteiger partial charge is 0.490 e. The standard InChI is InChI=1S/C20H21F2IN2O5S/c1-31(27,28)25-4-5-29-16(10-25)11-30-18-8-14(21)7-13(19(18)20(24)26)6-12-2-3-15(23)9-17(12)22/h2-3,7-9,16H,4-6,10-11H2,1H3,(H2,24,26). The lowest BCUT2D eigenvalue weighted by molar-refractivity contribution is -0.0249. The molecule has 31 heavy (non-hydrogen) atoms. The normalized spacial score (nSPS) is 17.5. The van der Waals surface area contributed by atoms with Crippen LogP contribution in [0.5, 0.6) is 5.75 Å². The molecule has 1 atom stereocenters. The molecule has 0 bridgehead atoms. The minimum Gasteiger partial charge on any atom is -0.490 e. The van der Waals surface area contributed by atoms with Crippen molar-refractivity contribution >= 4 is 38.5 Å². The van der Waals surface area contributed by atoms with Gasteiger partial charge in [0.1, 0.15) is 30.1 Å². The Bertz CT molecular complexity index is 1100. The Morgan fingerprint density at radius 1 is 1.29 bits per heavy atom. The van der Waals surface area contributed by atoms with Gasteiger partial charge in [0.2, 0.25) is 10.0 Å². The third-order valence-corrected chi connectivity index (χ3v) is 6.73. The van der Waals surface area contributed by atoms with Crippen molar-refractivity contribution in [1.82, 2.24) is 4.31 Å². The molecule has 0 aliphatic carbocycles. The molecule has 2 N–H and O–H groups in total. The third-order valence-electron chi connectivity index (χ3n) is 4.79. The summed E-state index contributed by atoms with van der Waals surface area (Å²) in [5.41, 5.74) is 5.92. The molecule has 0 saturated carbocycles. The molecule has 168 valence electrons. The fraction of sp³-hybridized carbons (Fsp3) is 0.350. The number of hydrogen-bond acceptors (Lipinski definition) is 5. The van der Waals surface area contributed by atoms with Crippen molar-refractivity contribution in [3.8, 4) is 5.75 Å². The average molecular weight is 566 g/mol. The molecule has 7 nitrogen and oxygen atoms in total. The van der Waals surface area contributed by atoms with Crippen molar-refractivity contribution in [2.75, 3.05) is 32.6 Å². The summed E-state index contributed by atoms with van der Waals surface area (Å²) in [6.45, 7) is 0.367. The number of carbonyl (C=O) groups excluding carboxylic acids is 1. The summed E-state index contributed by atoms with van der Waals surface area (Å²) < 4.78 is 65.2. The summed E-state index contributed by atoms with van der Waals surface area (Å²) in [6, 6.07) is 6.74. The van der Waals surface area contributed by atoms with Gasteiger partial charge in [-0.25, -0.2) is 17.2 Å². The van der Waals surface area contributed by atoms with Gasteiger partial charge in [0.05, 0.1) is 18.4 Å². The van der Waals surface area contributed by atoms with Crippen LogP contribution in [0, 0.1) is 15.2 Å². The first kappa shape index (κ1) is 23.8. The molecule has 2 aromatic carbocycles. The van der Waals surface area contributed by atoms with Crippen LogP contribution in [-0.2, 0) is 21.2 Å². The van der Waals surface area contributed by atoms with E-state index >= 15 is 0 Å². The highest BCUT2D eigenvalue weighted by Gasteiger charge is 2.28. The first-order valence-electron chi connectivity index (χ1n) is 9.30. The number of nitrogens with two attached hydrogens (primary N) is 1. The smallest absolute Gasteiger partial charge is 0.252 e. The van der Waals surface area contributed by atoms with Gasteiger partial charge in [-0.3, -0.25) is 4.79 Å². The van der Waals surface area contributed by atoms with Crippen LogP contribution >= 0.6 is 22.6 Å². The summed E-state index contributed by atoms with van der Waals surface area (Å²) in [6.07, 6.45) is 0.436. The van der Waals surface area contributed by atoms with Crippen LogP contribution in [0.4, 0.5) is 8.78 Å². The predicted molar refractivity (Wildman–Crippen MR) is 118 cm³/mol. The Morgan fingerprint density at radius 3 is 2.68 bits per heavy atom. The number of primary amides is 1. The number of sulfonamides is 1. The second-order valence-electron chi connectivity index (χ2n) is 7.14. The lowest BCUT2D eigenvalue weighted by Gasteiger charge is -2.31. The zero-order valence-corrected chi connectivity index (χ0v) is 19.6. The number of nitrogens with zero attached hydrogens (tertiary/aromatic N) is 1. The summed E-state index contributed by atoms with van der Waals surface area (Å²) in [5.74, 6) is -2.11. The highest BCUT2D eigenvalue weighted by molar-refractivity contribution is 14.1. The zero-order valence-electron chi connectivity index (χ0n) is 16.6. The highest BCUT2D eigenvalue weighted by atomic mass is 127. The van der Waals surface area contributed by atoms with E-state index in [9.17, 15) is 22.0 Å². The first-order valence-corrected chi connectivity index (χ1v) is 12.2. The lowest BCUT2D eigenvalue weighted by Crippen LogP contribution is -2.47. The number of amides is 1. The number of halogens is 3. The first-order chi connectivity index (χ1) is 14.5. The predicted octanol–water partition coefficient (Wildman–Crippen LogP) is 2.30. The lowest BCUT2D eigenvalue weighted by atomic mass is 9.98. The van der Waals surface area contributed by atoms with E-state index in [-0.39, 0.29) is 55.2 Å². The number of benzene rings is 2. The monoisotopic (exact) mass is 566 g/mol. The minimum atomic E-state index is -3.39. The van der Waals surface area contributed by atoms with Crippen LogP contribution in [0.25, 0.3) is 0 Å². The molecule has 1 amide bonds. The molecule has 1 heterocycles. The Balaban J connectivity index is 1.84. The van der Waals surface area contributed by atoms with Crippen molar-refractivity contribution in [2.45, 2.75) is 12.5 Å². The quantitative estimate of drug-likeness (QED) is 0.519. The summed E-state index contributed by atoms with van der Waals surface area (Å²) in [4.78, 5) is 12.1. The van der Waals surface area contributed by atoms with Gasteiger partial charge in [0, 0.05) is 29.1 Å². The maximum Gasteiger partial charge on any atom is 0.252 e. The Hall–Kier alpha value is -1.83. The second kappa shape index (κ2) is 9.76. The number of hydrogen-bond donors (Lipinski definition) is 1.